The first-order valence-electron chi connectivity index (χ1n) is 10.1. The molecule has 0 amide bonds. The Morgan fingerprint density at radius 2 is 1.21 bits per heavy atom. The summed E-state index contributed by atoms with van der Waals surface area (Å²) in [6.45, 7) is 2.65. The number of aliphatic carboxylic acids is 2. The number of rotatable bonds is 8. The number of imidazole rings is 2. The lowest BCUT2D eigenvalue weighted by molar-refractivity contribution is -0.134. The molecule has 0 aliphatic carbocycles. The molecule has 2 aromatic heterocycles. The highest BCUT2D eigenvalue weighted by atomic mass is 32.2. The smallest absolute Gasteiger partial charge is 0.313 e. The fourth-order valence-corrected chi connectivity index (χ4v) is 3.83. The van der Waals surface area contributed by atoms with Crippen LogP contribution in [-0.4, -0.2) is 60.1 Å². The predicted molar refractivity (Wildman–Crippen MR) is 135 cm³/mol. The van der Waals surface area contributed by atoms with Gasteiger partial charge in [0.2, 0.25) is 0 Å². The molecule has 0 radical (unpaired) electrons. The zero-order valence-electron chi connectivity index (χ0n) is 18.2. The molecule has 11 heteroatoms. The first kappa shape index (κ1) is 26.2. The summed E-state index contributed by atoms with van der Waals surface area (Å²) >= 11 is 2.67. The molecule has 0 spiro atoms. The molecular formula is C22H27N5O4S2. The molecule has 0 saturated heterocycles. The van der Waals surface area contributed by atoms with Gasteiger partial charge in [-0.1, -0.05) is 31.2 Å². The maximum atomic E-state index is 9.77. The molecule has 33 heavy (non-hydrogen) atoms. The van der Waals surface area contributed by atoms with Gasteiger partial charge in [-0.3, -0.25) is 9.59 Å². The Balaban J connectivity index is 0.000000272. The van der Waals surface area contributed by atoms with Crippen molar-refractivity contribution in [2.24, 2.45) is 5.73 Å². The molecule has 176 valence electrons. The van der Waals surface area contributed by atoms with Crippen LogP contribution in [-0.2, 0) is 21.1 Å². The average Bonchev–Trinajstić information content (AvgIpc) is 3.37. The number of thioether (sulfide) groups is 2. The Morgan fingerprint density at radius 3 is 1.58 bits per heavy atom. The molecular weight excluding hydrogens is 462 g/mol. The lowest BCUT2D eigenvalue weighted by atomic mass is 10.3. The number of fused-ring (bicyclic) bond motifs is 2. The van der Waals surface area contributed by atoms with Gasteiger partial charge >= 0.3 is 11.9 Å². The lowest BCUT2D eigenvalue weighted by Crippen LogP contribution is -2.03. The van der Waals surface area contributed by atoms with E-state index in [1.807, 2.05) is 43.3 Å². The highest BCUT2D eigenvalue weighted by Gasteiger charge is 2.05. The maximum absolute atomic E-state index is 9.77. The Morgan fingerprint density at radius 1 is 0.818 bits per heavy atom. The van der Waals surface area contributed by atoms with Crippen molar-refractivity contribution in [2.45, 2.75) is 18.4 Å². The van der Waals surface area contributed by atoms with Crippen molar-refractivity contribution < 1.29 is 19.8 Å². The molecule has 0 fully saturated rings. The van der Waals surface area contributed by atoms with E-state index in [0.29, 0.717) is 0 Å². The van der Waals surface area contributed by atoms with Gasteiger partial charge in [0, 0.05) is 0 Å². The second-order valence-corrected chi connectivity index (χ2v) is 8.55. The van der Waals surface area contributed by atoms with Crippen molar-refractivity contribution in [1.82, 2.24) is 19.9 Å². The summed E-state index contributed by atoms with van der Waals surface area (Å²) in [5.41, 5.74) is 9.09. The minimum atomic E-state index is -0.985. The van der Waals surface area contributed by atoms with E-state index in [1.165, 1.54) is 0 Å². The number of nitrogens with zero attached hydrogens (tertiary/aromatic N) is 2. The molecule has 4 rings (SSSR count). The fourth-order valence-electron chi connectivity index (χ4n) is 2.62. The van der Waals surface area contributed by atoms with E-state index < -0.39 is 11.9 Å². The first-order valence-corrected chi connectivity index (χ1v) is 12.4. The minimum Gasteiger partial charge on any atom is -0.481 e. The first-order chi connectivity index (χ1) is 15.9. The van der Waals surface area contributed by atoms with Crippen LogP contribution >= 0.6 is 23.5 Å². The van der Waals surface area contributed by atoms with Crippen LogP contribution in [0.4, 0.5) is 0 Å². The highest BCUT2D eigenvalue weighted by Crippen LogP contribution is 2.19. The van der Waals surface area contributed by atoms with Crippen molar-refractivity contribution in [3.8, 4) is 0 Å². The number of hydrogen-bond donors (Lipinski definition) is 5. The standard InChI is InChI=1S/C16H14N4S.C4H6O4S.C2H7N/c1-2-6-12-11(5-1)17-15(18-12)9-21-10-16-19-13-7-3-4-8-14(13)20-16;5-3(6)1-9-2-4(7)8;1-2-3/h1-8H,9-10H2,(H,17,18)(H,19,20);1-2H2,(H,5,6)(H,7,8);2-3H2,1H3. The summed E-state index contributed by atoms with van der Waals surface area (Å²) in [5, 5.41) is 16.0. The van der Waals surface area contributed by atoms with E-state index in [4.69, 9.17) is 15.9 Å². The second-order valence-electron chi connectivity index (χ2n) is 6.58. The number of aromatic nitrogens is 4. The van der Waals surface area contributed by atoms with Crippen molar-refractivity contribution in [1.29, 1.82) is 0 Å². The van der Waals surface area contributed by atoms with Gasteiger partial charge in [0.15, 0.2) is 0 Å². The SMILES string of the molecule is CCN.O=C(O)CSCC(=O)O.c1ccc2[nH]c(CSCc3nc4ccccc4[nH]3)nc2c1. The lowest BCUT2D eigenvalue weighted by Gasteiger charge is -1.95. The van der Waals surface area contributed by atoms with Gasteiger partial charge in [0.05, 0.1) is 45.1 Å². The average molecular weight is 490 g/mol. The summed E-state index contributed by atoms with van der Waals surface area (Å²) in [6.07, 6.45) is 0. The van der Waals surface area contributed by atoms with Gasteiger partial charge in [0.1, 0.15) is 11.6 Å². The minimum absolute atomic E-state index is 0.147. The number of carboxylic acids is 2. The quantitative estimate of drug-likeness (QED) is 0.249. The van der Waals surface area contributed by atoms with Crippen molar-refractivity contribution >= 4 is 57.5 Å². The number of para-hydroxylation sites is 4. The van der Waals surface area contributed by atoms with Crippen molar-refractivity contribution in [3.05, 3.63) is 60.2 Å². The largest absolute Gasteiger partial charge is 0.481 e. The summed E-state index contributed by atoms with van der Waals surface area (Å²) in [5.74, 6) is 1.47. The van der Waals surface area contributed by atoms with E-state index in [0.717, 1.165) is 63.5 Å². The highest BCUT2D eigenvalue weighted by molar-refractivity contribution is 8.00. The van der Waals surface area contributed by atoms with E-state index in [-0.39, 0.29) is 11.5 Å². The zero-order valence-corrected chi connectivity index (χ0v) is 19.8. The summed E-state index contributed by atoms with van der Waals surface area (Å²) in [4.78, 5) is 35.4. The van der Waals surface area contributed by atoms with Crippen LogP contribution in [0.25, 0.3) is 22.1 Å². The molecule has 6 N–H and O–H groups in total. The monoisotopic (exact) mass is 489 g/mol. The third-order valence-corrected chi connectivity index (χ3v) is 5.66. The molecule has 2 aromatic carbocycles. The topological polar surface area (TPSA) is 158 Å². The Kier molecular flexibility index (Phi) is 11.3. The normalized spacial score (nSPS) is 10.2. The molecule has 0 bridgehead atoms. The van der Waals surface area contributed by atoms with Crippen LogP contribution in [0.5, 0.6) is 0 Å². The molecule has 0 unspecified atom stereocenters. The van der Waals surface area contributed by atoms with E-state index >= 15 is 0 Å². The number of nitrogens with two attached hydrogens (primary N) is 1. The molecule has 2 heterocycles. The number of carbonyl (C=O) groups is 2. The predicted octanol–water partition coefficient (Wildman–Crippen LogP) is 3.73. The third-order valence-electron chi connectivity index (χ3n) is 3.81. The fraction of sp³-hybridized carbons (Fsp3) is 0.273. The molecule has 4 aromatic rings. The summed E-state index contributed by atoms with van der Waals surface area (Å²) in [7, 11) is 0. The van der Waals surface area contributed by atoms with Crippen LogP contribution in [0.3, 0.4) is 0 Å². The van der Waals surface area contributed by atoms with E-state index in [1.54, 1.807) is 11.8 Å². The van der Waals surface area contributed by atoms with Gasteiger partial charge in [-0.25, -0.2) is 9.97 Å². The second kappa shape index (κ2) is 14.2. The van der Waals surface area contributed by atoms with Gasteiger partial charge in [-0.05, 0) is 30.8 Å². The van der Waals surface area contributed by atoms with Gasteiger partial charge in [0.25, 0.3) is 0 Å². The van der Waals surface area contributed by atoms with Gasteiger partial charge < -0.3 is 25.9 Å². The van der Waals surface area contributed by atoms with Crippen LogP contribution in [0.2, 0.25) is 0 Å². The van der Waals surface area contributed by atoms with Crippen LogP contribution in [0.15, 0.2) is 48.5 Å². The van der Waals surface area contributed by atoms with E-state index in [2.05, 4.69) is 32.1 Å². The molecule has 0 aliphatic heterocycles. The molecule has 0 saturated carbocycles. The number of aromatic amines is 2. The molecule has 0 aliphatic rings. The zero-order chi connectivity index (χ0) is 24.1. The van der Waals surface area contributed by atoms with Crippen molar-refractivity contribution in [2.75, 3.05) is 18.1 Å². The number of nitrogens with one attached hydrogen (secondary N) is 2. The van der Waals surface area contributed by atoms with Crippen molar-refractivity contribution in [3.63, 3.8) is 0 Å². The Bertz CT molecular complexity index is 1010. The number of benzene rings is 2. The molecule has 9 nitrogen and oxygen atoms in total. The van der Waals surface area contributed by atoms with E-state index in [9.17, 15) is 9.59 Å². The molecule has 0 atom stereocenters. The summed E-state index contributed by atoms with van der Waals surface area (Å²) < 4.78 is 0. The Hall–Kier alpha value is -3.02. The number of H-pyrrole nitrogens is 2. The maximum Gasteiger partial charge on any atom is 0.313 e. The van der Waals surface area contributed by atoms with Gasteiger partial charge in [-0.15, -0.1) is 23.5 Å². The number of hydrogen-bond acceptors (Lipinski definition) is 7. The summed E-state index contributed by atoms with van der Waals surface area (Å²) in [6, 6.07) is 16.2. The van der Waals surface area contributed by atoms with Crippen LogP contribution in [0, 0.1) is 0 Å². The van der Waals surface area contributed by atoms with Gasteiger partial charge in [-0.2, -0.15) is 0 Å². The van der Waals surface area contributed by atoms with Crippen LogP contribution < -0.4 is 5.73 Å². The third kappa shape index (κ3) is 9.56. The van der Waals surface area contributed by atoms with Crippen LogP contribution in [0.1, 0.15) is 18.6 Å². The number of carboxylic acid groups (broad SMARTS) is 2. The Labute approximate surface area is 199 Å².